The van der Waals surface area contributed by atoms with Crippen LogP contribution in [0.1, 0.15) is 5.69 Å². The maximum absolute atomic E-state index is 5.22. The van der Waals surface area contributed by atoms with Crippen molar-refractivity contribution in [3.8, 4) is 0 Å². The van der Waals surface area contributed by atoms with Crippen LogP contribution in [0.25, 0.3) is 0 Å². The molecule has 0 aromatic carbocycles. The topological polar surface area (TPSA) is 40.6 Å². The van der Waals surface area contributed by atoms with Crippen LogP contribution in [0.15, 0.2) is 24.4 Å². The molecular weight excluding hydrogens is 169 g/mol. The maximum Gasteiger partial charge on any atom is 0.639 e. The van der Waals surface area contributed by atoms with Crippen molar-refractivity contribution >= 4 is 7.32 Å². The number of nitrogens with zero attached hydrogens (tertiary/aromatic N) is 1. The van der Waals surface area contributed by atoms with E-state index in [1.54, 1.807) is 6.20 Å². The molecule has 0 aliphatic carbocycles. The Bertz CT molecular complexity index is 228. The van der Waals surface area contributed by atoms with Gasteiger partial charge in [0.1, 0.15) is 0 Å². The second-order valence-corrected chi connectivity index (χ2v) is 2.39. The first kappa shape index (κ1) is 10.2. The van der Waals surface area contributed by atoms with Gasteiger partial charge < -0.3 is 14.0 Å². The Balaban J connectivity index is 2.34. The fourth-order valence-electron chi connectivity index (χ4n) is 0.869. The van der Waals surface area contributed by atoms with Crippen LogP contribution in [-0.2, 0) is 20.6 Å². The Morgan fingerprint density at radius 3 is 2.62 bits per heavy atom. The Morgan fingerprint density at radius 2 is 2.08 bits per heavy atom. The number of aromatic nitrogens is 1. The van der Waals surface area contributed by atoms with E-state index in [2.05, 4.69) is 4.98 Å². The fourth-order valence-corrected chi connectivity index (χ4v) is 0.869. The lowest BCUT2D eigenvalue weighted by molar-refractivity contribution is 0.127. The zero-order chi connectivity index (χ0) is 9.52. The minimum absolute atomic E-state index is 0.382. The van der Waals surface area contributed by atoms with Gasteiger partial charge in [0, 0.05) is 20.4 Å². The molecule has 1 rings (SSSR count). The van der Waals surface area contributed by atoms with E-state index in [1.807, 2.05) is 18.2 Å². The molecular formula is C8H12BNO3. The Morgan fingerprint density at radius 1 is 1.31 bits per heavy atom. The molecule has 13 heavy (non-hydrogen) atoms. The highest BCUT2D eigenvalue weighted by atomic mass is 16.7. The van der Waals surface area contributed by atoms with E-state index in [-0.39, 0.29) is 0 Å². The van der Waals surface area contributed by atoms with Crippen molar-refractivity contribution in [2.45, 2.75) is 6.61 Å². The monoisotopic (exact) mass is 181 g/mol. The van der Waals surface area contributed by atoms with Crippen LogP contribution in [0.5, 0.6) is 0 Å². The van der Waals surface area contributed by atoms with Crippen LogP contribution in [0.4, 0.5) is 0 Å². The minimum atomic E-state index is -0.623. The average Bonchev–Trinajstić information content (AvgIpc) is 2.21. The van der Waals surface area contributed by atoms with Crippen LogP contribution in [0.3, 0.4) is 0 Å². The zero-order valence-corrected chi connectivity index (χ0v) is 7.77. The van der Waals surface area contributed by atoms with E-state index in [9.17, 15) is 0 Å². The summed E-state index contributed by atoms with van der Waals surface area (Å²) in [7, 11) is 2.42. The number of hydrogen-bond donors (Lipinski definition) is 0. The van der Waals surface area contributed by atoms with Crippen LogP contribution in [0.2, 0.25) is 0 Å². The van der Waals surface area contributed by atoms with Gasteiger partial charge in [0.25, 0.3) is 0 Å². The van der Waals surface area contributed by atoms with Crippen molar-refractivity contribution < 1.29 is 14.0 Å². The first-order chi connectivity index (χ1) is 6.36. The minimum Gasteiger partial charge on any atom is -0.389 e. The van der Waals surface area contributed by atoms with E-state index in [0.717, 1.165) is 5.69 Å². The first-order valence-electron chi connectivity index (χ1n) is 3.94. The van der Waals surface area contributed by atoms with Gasteiger partial charge in [-0.3, -0.25) is 4.98 Å². The summed E-state index contributed by atoms with van der Waals surface area (Å²) < 4.78 is 14.9. The molecule has 0 amide bonds. The van der Waals surface area contributed by atoms with Gasteiger partial charge in [-0.05, 0) is 12.1 Å². The zero-order valence-electron chi connectivity index (χ0n) is 7.77. The average molecular weight is 181 g/mol. The van der Waals surface area contributed by atoms with Gasteiger partial charge in [-0.15, -0.1) is 0 Å². The highest BCUT2D eigenvalue weighted by Gasteiger charge is 2.16. The quantitative estimate of drug-likeness (QED) is 0.632. The predicted molar refractivity (Wildman–Crippen MR) is 48.8 cm³/mol. The van der Waals surface area contributed by atoms with Gasteiger partial charge in [0.05, 0.1) is 12.3 Å². The third kappa shape index (κ3) is 3.54. The summed E-state index contributed by atoms with van der Waals surface area (Å²) >= 11 is 0. The summed E-state index contributed by atoms with van der Waals surface area (Å²) in [6.07, 6.45) is 1.72. The highest BCUT2D eigenvalue weighted by molar-refractivity contribution is 6.36. The number of hydrogen-bond acceptors (Lipinski definition) is 4. The summed E-state index contributed by atoms with van der Waals surface area (Å²) in [6, 6.07) is 5.64. The van der Waals surface area contributed by atoms with Crippen molar-refractivity contribution in [2.24, 2.45) is 0 Å². The van der Waals surface area contributed by atoms with Gasteiger partial charge >= 0.3 is 7.32 Å². The largest absolute Gasteiger partial charge is 0.639 e. The molecule has 0 aliphatic rings. The van der Waals surface area contributed by atoms with E-state index < -0.39 is 7.32 Å². The van der Waals surface area contributed by atoms with Crippen molar-refractivity contribution in [3.63, 3.8) is 0 Å². The van der Waals surface area contributed by atoms with Gasteiger partial charge in [-0.1, -0.05) is 6.07 Å². The summed E-state index contributed by atoms with van der Waals surface area (Å²) in [5.74, 6) is 0. The van der Waals surface area contributed by atoms with Gasteiger partial charge in [-0.2, -0.15) is 0 Å². The van der Waals surface area contributed by atoms with Crippen LogP contribution in [0, 0.1) is 0 Å². The number of rotatable bonds is 5. The molecule has 70 valence electrons. The van der Waals surface area contributed by atoms with E-state index >= 15 is 0 Å². The number of pyridine rings is 1. The van der Waals surface area contributed by atoms with Crippen LogP contribution >= 0.6 is 0 Å². The summed E-state index contributed by atoms with van der Waals surface area (Å²) in [5.41, 5.74) is 0.849. The molecule has 0 spiro atoms. The fraction of sp³-hybridized carbons (Fsp3) is 0.375. The highest BCUT2D eigenvalue weighted by Crippen LogP contribution is 1.98. The van der Waals surface area contributed by atoms with Crippen molar-refractivity contribution in [2.75, 3.05) is 14.2 Å². The molecule has 0 atom stereocenters. The third-order valence-corrected chi connectivity index (χ3v) is 1.48. The molecule has 1 heterocycles. The van der Waals surface area contributed by atoms with Gasteiger partial charge in [-0.25, -0.2) is 0 Å². The lowest BCUT2D eigenvalue weighted by Crippen LogP contribution is -2.23. The van der Waals surface area contributed by atoms with Crippen molar-refractivity contribution in [1.82, 2.24) is 4.98 Å². The molecule has 0 saturated heterocycles. The van der Waals surface area contributed by atoms with Crippen LogP contribution < -0.4 is 0 Å². The summed E-state index contributed by atoms with van der Waals surface area (Å²) in [6.45, 7) is 0.382. The second kappa shape index (κ2) is 5.69. The first-order valence-corrected chi connectivity index (χ1v) is 3.94. The van der Waals surface area contributed by atoms with E-state index in [1.165, 1.54) is 14.2 Å². The van der Waals surface area contributed by atoms with Crippen molar-refractivity contribution in [1.29, 1.82) is 0 Å². The molecule has 0 radical (unpaired) electrons. The smallest absolute Gasteiger partial charge is 0.389 e. The molecule has 1 aromatic rings. The van der Waals surface area contributed by atoms with Gasteiger partial charge in [0.2, 0.25) is 0 Å². The van der Waals surface area contributed by atoms with Gasteiger partial charge in [0.15, 0.2) is 0 Å². The van der Waals surface area contributed by atoms with E-state index in [0.29, 0.717) is 6.61 Å². The SMILES string of the molecule is COB(OC)OCc1ccccn1. The third-order valence-electron chi connectivity index (χ3n) is 1.48. The second-order valence-electron chi connectivity index (χ2n) is 2.39. The Labute approximate surface area is 78.0 Å². The predicted octanol–water partition coefficient (Wildman–Crippen LogP) is 0.876. The Hall–Kier alpha value is -0.905. The molecule has 0 aliphatic heterocycles. The maximum atomic E-state index is 5.22. The summed E-state index contributed by atoms with van der Waals surface area (Å²) in [5, 5.41) is 0. The molecule has 1 aromatic heterocycles. The molecule has 0 bridgehead atoms. The Kier molecular flexibility index (Phi) is 4.46. The lowest BCUT2D eigenvalue weighted by atomic mass is 10.2. The molecule has 0 N–H and O–H groups in total. The molecule has 4 nitrogen and oxygen atoms in total. The normalized spacial score (nSPS) is 10.0. The molecule has 0 saturated carbocycles. The standard InChI is InChI=1S/C8H12BNO3/c1-11-9(12-2)13-7-8-5-3-4-6-10-8/h3-6H,7H2,1-2H3. The summed E-state index contributed by atoms with van der Waals surface area (Å²) in [4.78, 5) is 4.08. The molecule has 0 fully saturated rings. The molecule has 0 unspecified atom stereocenters. The molecule has 5 heteroatoms. The van der Waals surface area contributed by atoms with Crippen LogP contribution in [-0.4, -0.2) is 26.5 Å². The lowest BCUT2D eigenvalue weighted by Gasteiger charge is -2.07. The van der Waals surface area contributed by atoms with E-state index in [4.69, 9.17) is 14.0 Å². The van der Waals surface area contributed by atoms with Crippen molar-refractivity contribution in [3.05, 3.63) is 30.1 Å².